The van der Waals surface area contributed by atoms with Crippen LogP contribution in [0.15, 0.2) is 24.3 Å². The highest BCUT2D eigenvalue weighted by molar-refractivity contribution is 5.92. The fourth-order valence-electron chi connectivity index (χ4n) is 2.58. The normalized spacial score (nSPS) is 17.7. The van der Waals surface area contributed by atoms with Crippen molar-refractivity contribution in [2.75, 3.05) is 52.3 Å². The van der Waals surface area contributed by atoms with Gasteiger partial charge in [-0.25, -0.2) is 0 Å². The number of rotatable bonds is 6. The lowest BCUT2D eigenvalue weighted by Gasteiger charge is -2.32. The summed E-state index contributed by atoms with van der Waals surface area (Å²) in [6.45, 7) is 4.06. The summed E-state index contributed by atoms with van der Waals surface area (Å²) in [7, 11) is 3.33. The van der Waals surface area contributed by atoms with Gasteiger partial charge in [0.05, 0.1) is 32.9 Å². The second-order valence-corrected chi connectivity index (χ2v) is 5.97. The van der Waals surface area contributed by atoms with Crippen LogP contribution in [0.3, 0.4) is 0 Å². The quantitative estimate of drug-likeness (QED) is 0.833. The minimum atomic E-state index is -0.172. The van der Waals surface area contributed by atoms with Gasteiger partial charge in [-0.1, -0.05) is 6.07 Å². The number of methoxy groups -OCH3 is 1. The number of carbonyl (C=O) groups excluding carboxylic acids is 2. The van der Waals surface area contributed by atoms with Gasteiger partial charge in [-0.05, 0) is 26.1 Å². The number of hydrogen-bond acceptors (Lipinski definition) is 5. The third kappa shape index (κ3) is 5.50. The number of amides is 2. The van der Waals surface area contributed by atoms with Gasteiger partial charge in [0.2, 0.25) is 11.8 Å². The van der Waals surface area contributed by atoms with E-state index in [4.69, 9.17) is 9.47 Å². The molecule has 0 bridgehead atoms. The number of benzene rings is 1. The number of likely N-dealkylation sites (N-methyl/N-ethyl adjacent to an activating group) is 1. The number of ether oxygens (including phenoxy) is 2. The number of nitrogens with zero attached hydrogens (tertiary/aromatic N) is 2. The van der Waals surface area contributed by atoms with Crippen LogP contribution in [0, 0.1) is 0 Å². The lowest BCUT2D eigenvalue weighted by molar-refractivity contribution is -0.139. The summed E-state index contributed by atoms with van der Waals surface area (Å²) in [4.78, 5) is 27.8. The van der Waals surface area contributed by atoms with Crippen molar-refractivity contribution in [3.05, 3.63) is 24.3 Å². The molecule has 0 radical (unpaired) electrons. The zero-order valence-corrected chi connectivity index (χ0v) is 14.4. The van der Waals surface area contributed by atoms with E-state index in [9.17, 15) is 9.59 Å². The van der Waals surface area contributed by atoms with Crippen LogP contribution in [-0.2, 0) is 14.3 Å². The van der Waals surface area contributed by atoms with Gasteiger partial charge in [-0.2, -0.15) is 0 Å². The molecule has 132 valence electrons. The van der Waals surface area contributed by atoms with E-state index in [1.165, 1.54) is 0 Å². The van der Waals surface area contributed by atoms with Crippen molar-refractivity contribution in [3.8, 4) is 5.75 Å². The van der Waals surface area contributed by atoms with Crippen LogP contribution in [0.25, 0.3) is 0 Å². The standard InChI is InChI=1S/C17H25N3O4/c1-13-10-20(7-8-24-13)17(22)12-19(2)11-16(21)18-14-5-4-6-15(9-14)23-3/h4-6,9,13H,7-8,10-12H2,1-3H3,(H,18,21)/t13-/m1/s1. The van der Waals surface area contributed by atoms with Gasteiger partial charge in [0.25, 0.3) is 0 Å². The molecular weight excluding hydrogens is 310 g/mol. The molecule has 1 N–H and O–H groups in total. The molecule has 0 saturated carbocycles. The molecule has 7 nitrogen and oxygen atoms in total. The summed E-state index contributed by atoms with van der Waals surface area (Å²) in [5, 5.41) is 2.80. The molecule has 0 spiro atoms. The first-order valence-corrected chi connectivity index (χ1v) is 7.99. The van der Waals surface area contributed by atoms with E-state index in [0.29, 0.717) is 31.1 Å². The maximum Gasteiger partial charge on any atom is 0.238 e. The van der Waals surface area contributed by atoms with Gasteiger partial charge in [-0.15, -0.1) is 0 Å². The molecule has 1 atom stereocenters. The lowest BCUT2D eigenvalue weighted by Crippen LogP contribution is -2.48. The zero-order chi connectivity index (χ0) is 17.5. The molecule has 2 amide bonds. The van der Waals surface area contributed by atoms with E-state index in [0.717, 1.165) is 0 Å². The van der Waals surface area contributed by atoms with Crippen molar-refractivity contribution in [1.82, 2.24) is 9.80 Å². The molecule has 2 rings (SSSR count). The summed E-state index contributed by atoms with van der Waals surface area (Å²) < 4.78 is 10.6. The summed E-state index contributed by atoms with van der Waals surface area (Å²) >= 11 is 0. The molecule has 1 aliphatic rings. The first-order chi connectivity index (χ1) is 11.5. The van der Waals surface area contributed by atoms with Crippen LogP contribution in [0.1, 0.15) is 6.92 Å². The Morgan fingerprint density at radius 1 is 1.42 bits per heavy atom. The molecule has 0 unspecified atom stereocenters. The van der Waals surface area contributed by atoms with Gasteiger partial charge < -0.3 is 19.7 Å². The highest BCUT2D eigenvalue weighted by Gasteiger charge is 2.22. The fraction of sp³-hybridized carbons (Fsp3) is 0.529. The molecule has 1 aromatic rings. The second kappa shape index (κ2) is 8.65. The van der Waals surface area contributed by atoms with Crippen molar-refractivity contribution < 1.29 is 19.1 Å². The van der Waals surface area contributed by atoms with Crippen LogP contribution >= 0.6 is 0 Å². The van der Waals surface area contributed by atoms with Crippen LogP contribution in [0.5, 0.6) is 5.75 Å². The minimum Gasteiger partial charge on any atom is -0.497 e. The maximum atomic E-state index is 12.3. The molecule has 7 heteroatoms. The SMILES string of the molecule is COc1cccc(NC(=O)CN(C)CC(=O)N2CCO[C@H](C)C2)c1. The lowest BCUT2D eigenvalue weighted by atomic mass is 10.3. The second-order valence-electron chi connectivity index (χ2n) is 5.97. The highest BCUT2D eigenvalue weighted by Crippen LogP contribution is 2.16. The van der Waals surface area contributed by atoms with Crippen LogP contribution in [0.2, 0.25) is 0 Å². The average molecular weight is 335 g/mol. The van der Waals surface area contributed by atoms with Gasteiger partial charge in [-0.3, -0.25) is 14.5 Å². The molecular formula is C17H25N3O4. The van der Waals surface area contributed by atoms with Crippen LogP contribution in [-0.4, -0.2) is 74.7 Å². The zero-order valence-electron chi connectivity index (χ0n) is 14.4. The predicted octanol–water partition coefficient (Wildman–Crippen LogP) is 0.813. The molecule has 1 heterocycles. The molecule has 1 fully saturated rings. The summed E-state index contributed by atoms with van der Waals surface area (Å²) in [5.41, 5.74) is 0.668. The Bertz CT molecular complexity index is 579. The van der Waals surface area contributed by atoms with Crippen molar-refractivity contribution in [2.45, 2.75) is 13.0 Å². The van der Waals surface area contributed by atoms with Gasteiger partial charge in [0.1, 0.15) is 5.75 Å². The van der Waals surface area contributed by atoms with E-state index < -0.39 is 0 Å². The molecule has 0 aromatic heterocycles. The maximum absolute atomic E-state index is 12.3. The minimum absolute atomic E-state index is 0.0156. The molecule has 1 saturated heterocycles. The van der Waals surface area contributed by atoms with E-state index in [1.807, 2.05) is 13.0 Å². The number of morpholine rings is 1. The Morgan fingerprint density at radius 2 is 2.21 bits per heavy atom. The highest BCUT2D eigenvalue weighted by atomic mass is 16.5. The largest absolute Gasteiger partial charge is 0.497 e. The summed E-state index contributed by atoms with van der Waals surface area (Å²) in [6.07, 6.45) is 0.0596. The Balaban J connectivity index is 1.79. The number of hydrogen-bond donors (Lipinski definition) is 1. The number of carbonyl (C=O) groups is 2. The number of anilines is 1. The monoisotopic (exact) mass is 335 g/mol. The Labute approximate surface area is 142 Å². The first-order valence-electron chi connectivity index (χ1n) is 7.99. The molecule has 1 aliphatic heterocycles. The van der Waals surface area contributed by atoms with Crippen LogP contribution < -0.4 is 10.1 Å². The third-order valence-corrected chi connectivity index (χ3v) is 3.77. The van der Waals surface area contributed by atoms with Crippen molar-refractivity contribution in [3.63, 3.8) is 0 Å². The van der Waals surface area contributed by atoms with Crippen molar-refractivity contribution in [2.24, 2.45) is 0 Å². The predicted molar refractivity (Wildman–Crippen MR) is 91.1 cm³/mol. The van der Waals surface area contributed by atoms with E-state index in [-0.39, 0.29) is 31.0 Å². The third-order valence-electron chi connectivity index (χ3n) is 3.77. The van der Waals surface area contributed by atoms with Gasteiger partial charge >= 0.3 is 0 Å². The fourth-order valence-corrected chi connectivity index (χ4v) is 2.58. The van der Waals surface area contributed by atoms with Crippen LogP contribution in [0.4, 0.5) is 5.69 Å². The number of nitrogens with one attached hydrogen (secondary N) is 1. The average Bonchev–Trinajstić information content (AvgIpc) is 2.54. The Kier molecular flexibility index (Phi) is 6.57. The van der Waals surface area contributed by atoms with Gasteiger partial charge in [0, 0.05) is 24.8 Å². The van der Waals surface area contributed by atoms with E-state index >= 15 is 0 Å². The first kappa shape index (κ1) is 18.2. The van der Waals surface area contributed by atoms with Crippen molar-refractivity contribution in [1.29, 1.82) is 0 Å². The van der Waals surface area contributed by atoms with E-state index in [2.05, 4.69) is 5.32 Å². The molecule has 24 heavy (non-hydrogen) atoms. The summed E-state index contributed by atoms with van der Waals surface area (Å²) in [6, 6.07) is 7.16. The molecule has 1 aromatic carbocycles. The Hall–Kier alpha value is -2.12. The van der Waals surface area contributed by atoms with E-state index in [1.54, 1.807) is 42.2 Å². The van der Waals surface area contributed by atoms with Crippen molar-refractivity contribution >= 4 is 17.5 Å². The molecule has 0 aliphatic carbocycles. The van der Waals surface area contributed by atoms with Gasteiger partial charge in [0.15, 0.2) is 0 Å². The summed E-state index contributed by atoms with van der Waals surface area (Å²) in [5.74, 6) is 0.522. The Morgan fingerprint density at radius 3 is 2.92 bits per heavy atom. The smallest absolute Gasteiger partial charge is 0.238 e. The topological polar surface area (TPSA) is 71.1 Å².